The summed E-state index contributed by atoms with van der Waals surface area (Å²) >= 11 is 0. The number of aromatic nitrogens is 2. The van der Waals surface area contributed by atoms with Crippen LogP contribution < -0.4 is 4.57 Å². The van der Waals surface area contributed by atoms with Gasteiger partial charge in [0.2, 0.25) is 5.91 Å². The van der Waals surface area contributed by atoms with E-state index in [9.17, 15) is 19.8 Å². The Morgan fingerprint density at radius 2 is 1.97 bits per heavy atom. The molecular formula is C22H22N3O4+. The van der Waals surface area contributed by atoms with Gasteiger partial charge < -0.3 is 19.7 Å². The number of amides is 1. The van der Waals surface area contributed by atoms with Crippen LogP contribution in [-0.4, -0.2) is 43.7 Å². The average Bonchev–Trinajstić information content (AvgIpc) is 3.14. The molecular weight excluding hydrogens is 370 g/mol. The quantitative estimate of drug-likeness (QED) is 0.523. The van der Waals surface area contributed by atoms with Gasteiger partial charge in [-0.05, 0) is 36.6 Å². The SMILES string of the molecule is C[C@@H](O)[C@H]1C(=O)N2C(C(=O)O)=C(c3ccc4c(c3)c3c[n+](C)ccc3n4C)C[C@H]12. The fourth-order valence-electron chi connectivity index (χ4n) is 4.98. The Morgan fingerprint density at radius 3 is 2.66 bits per heavy atom. The predicted octanol–water partition coefficient (Wildman–Crippen LogP) is 1.56. The molecule has 7 heteroatoms. The Bertz CT molecular complexity index is 1250. The molecule has 0 bridgehead atoms. The van der Waals surface area contributed by atoms with Crippen molar-refractivity contribution >= 4 is 39.3 Å². The third-order valence-corrected chi connectivity index (χ3v) is 6.37. The molecule has 1 saturated heterocycles. The number of nitrogens with zero attached hydrogens (tertiary/aromatic N) is 3. The molecule has 148 valence electrons. The summed E-state index contributed by atoms with van der Waals surface area (Å²) in [6.07, 6.45) is 3.70. The molecule has 1 aromatic carbocycles. The molecule has 1 fully saturated rings. The number of aryl methyl sites for hydroxylation is 2. The number of fused-ring (bicyclic) bond motifs is 4. The second-order valence-corrected chi connectivity index (χ2v) is 8.08. The van der Waals surface area contributed by atoms with Crippen molar-refractivity contribution in [1.82, 2.24) is 9.47 Å². The van der Waals surface area contributed by atoms with Gasteiger partial charge in [0.1, 0.15) is 12.7 Å². The van der Waals surface area contributed by atoms with Gasteiger partial charge in [0.05, 0.1) is 29.0 Å². The fraction of sp³-hybridized carbons (Fsp3) is 0.318. The van der Waals surface area contributed by atoms with Crippen LogP contribution in [0.2, 0.25) is 0 Å². The third kappa shape index (κ3) is 2.31. The van der Waals surface area contributed by atoms with Gasteiger partial charge in [-0.3, -0.25) is 4.79 Å². The predicted molar refractivity (Wildman–Crippen MR) is 107 cm³/mol. The van der Waals surface area contributed by atoms with E-state index in [-0.39, 0.29) is 17.6 Å². The van der Waals surface area contributed by atoms with Gasteiger partial charge in [-0.2, -0.15) is 0 Å². The lowest BCUT2D eigenvalue weighted by Gasteiger charge is -2.44. The van der Waals surface area contributed by atoms with Crippen LogP contribution in [0.4, 0.5) is 0 Å². The number of carbonyl (C=O) groups excluding carboxylic acids is 1. The number of aliphatic hydroxyl groups is 1. The van der Waals surface area contributed by atoms with Crippen molar-refractivity contribution in [1.29, 1.82) is 0 Å². The monoisotopic (exact) mass is 392 g/mol. The smallest absolute Gasteiger partial charge is 0.352 e. The molecule has 0 radical (unpaired) electrons. The number of aliphatic hydroxyl groups excluding tert-OH is 1. The lowest BCUT2D eigenvalue weighted by molar-refractivity contribution is -0.670. The van der Waals surface area contributed by atoms with Gasteiger partial charge >= 0.3 is 5.97 Å². The minimum absolute atomic E-state index is 0.0436. The normalized spacial score (nSPS) is 22.3. The number of hydrogen-bond donors (Lipinski definition) is 2. The molecule has 4 heterocycles. The highest BCUT2D eigenvalue weighted by molar-refractivity contribution is 6.10. The van der Waals surface area contributed by atoms with E-state index < -0.39 is 18.0 Å². The Morgan fingerprint density at radius 1 is 1.24 bits per heavy atom. The molecule has 0 saturated carbocycles. The molecule has 29 heavy (non-hydrogen) atoms. The van der Waals surface area contributed by atoms with Crippen LogP contribution in [0.3, 0.4) is 0 Å². The summed E-state index contributed by atoms with van der Waals surface area (Å²) in [6, 6.07) is 7.71. The molecule has 2 N–H and O–H groups in total. The van der Waals surface area contributed by atoms with E-state index in [4.69, 9.17) is 0 Å². The van der Waals surface area contributed by atoms with Gasteiger partial charge in [0, 0.05) is 24.0 Å². The number of β-lactam (4-membered cyclic amide) rings is 1. The second-order valence-electron chi connectivity index (χ2n) is 8.08. The number of benzene rings is 1. The molecule has 5 rings (SSSR count). The summed E-state index contributed by atoms with van der Waals surface area (Å²) in [4.78, 5) is 25.8. The van der Waals surface area contributed by atoms with Crippen LogP contribution in [0.5, 0.6) is 0 Å². The highest BCUT2D eigenvalue weighted by Crippen LogP contribution is 2.47. The van der Waals surface area contributed by atoms with Crippen molar-refractivity contribution in [2.45, 2.75) is 25.5 Å². The molecule has 1 amide bonds. The average molecular weight is 392 g/mol. The van der Waals surface area contributed by atoms with E-state index in [0.717, 1.165) is 27.4 Å². The van der Waals surface area contributed by atoms with E-state index >= 15 is 0 Å². The highest BCUT2D eigenvalue weighted by Gasteiger charge is 2.56. The van der Waals surface area contributed by atoms with E-state index in [2.05, 4.69) is 16.8 Å². The molecule has 2 aliphatic heterocycles. The molecule has 2 aliphatic rings. The molecule has 7 nitrogen and oxygen atoms in total. The molecule has 0 spiro atoms. The van der Waals surface area contributed by atoms with Crippen LogP contribution in [0, 0.1) is 5.92 Å². The number of hydrogen-bond acceptors (Lipinski definition) is 3. The van der Waals surface area contributed by atoms with Crippen molar-refractivity contribution in [2.75, 3.05) is 0 Å². The topological polar surface area (TPSA) is 86.7 Å². The van der Waals surface area contributed by atoms with Crippen molar-refractivity contribution in [3.8, 4) is 0 Å². The largest absolute Gasteiger partial charge is 0.477 e. The number of carboxylic acids is 1. The maximum Gasteiger partial charge on any atom is 0.352 e. The minimum atomic E-state index is -1.11. The van der Waals surface area contributed by atoms with Crippen molar-refractivity contribution < 1.29 is 24.4 Å². The van der Waals surface area contributed by atoms with E-state index in [1.165, 1.54) is 4.90 Å². The number of aliphatic carboxylic acids is 1. The Labute approximate surface area is 167 Å². The first-order chi connectivity index (χ1) is 13.8. The zero-order valence-electron chi connectivity index (χ0n) is 16.5. The summed E-state index contributed by atoms with van der Waals surface area (Å²) in [5, 5.41) is 21.9. The van der Waals surface area contributed by atoms with Crippen LogP contribution in [-0.2, 0) is 23.7 Å². The van der Waals surface area contributed by atoms with Crippen LogP contribution in [0.25, 0.3) is 27.4 Å². The first-order valence-electron chi connectivity index (χ1n) is 9.65. The minimum Gasteiger partial charge on any atom is -0.477 e. The molecule has 3 atom stereocenters. The van der Waals surface area contributed by atoms with Crippen molar-refractivity contribution in [3.63, 3.8) is 0 Å². The van der Waals surface area contributed by atoms with E-state index in [1.54, 1.807) is 6.92 Å². The summed E-state index contributed by atoms with van der Waals surface area (Å²) in [7, 11) is 3.98. The second kappa shape index (κ2) is 5.90. The Kier molecular flexibility index (Phi) is 3.64. The van der Waals surface area contributed by atoms with E-state index in [1.807, 2.05) is 43.1 Å². The summed E-state index contributed by atoms with van der Waals surface area (Å²) in [6.45, 7) is 1.58. The molecule has 0 aliphatic carbocycles. The molecule has 0 unspecified atom stereocenters. The fourth-order valence-corrected chi connectivity index (χ4v) is 4.98. The zero-order valence-corrected chi connectivity index (χ0v) is 16.5. The van der Waals surface area contributed by atoms with E-state index in [0.29, 0.717) is 12.0 Å². The van der Waals surface area contributed by atoms with Gasteiger partial charge in [0.15, 0.2) is 12.4 Å². The lowest BCUT2D eigenvalue weighted by atomic mass is 9.82. The Hall–Kier alpha value is -3.19. The number of carboxylic acid groups (broad SMARTS) is 1. The van der Waals surface area contributed by atoms with Gasteiger partial charge in [-0.1, -0.05) is 6.07 Å². The summed E-state index contributed by atoms with van der Waals surface area (Å²) in [5.41, 5.74) is 3.66. The van der Waals surface area contributed by atoms with Crippen LogP contribution in [0.15, 0.2) is 42.4 Å². The number of pyridine rings is 1. The standard InChI is InChI=1S/C22H21N3O4/c1-11(26)19-18-9-13(20(22(28)29)25(18)21(19)27)12-4-5-16-14(8-12)15-10-23(2)7-6-17(15)24(16)3/h4-8,10-11,18-19,26H,9H2,1-3H3/p+1/t11-,18-,19-/m1/s1. The number of rotatable bonds is 3. The lowest BCUT2D eigenvalue weighted by Crippen LogP contribution is -2.61. The first-order valence-corrected chi connectivity index (χ1v) is 9.65. The molecule has 2 aromatic heterocycles. The summed E-state index contributed by atoms with van der Waals surface area (Å²) in [5.74, 6) is -1.96. The highest BCUT2D eigenvalue weighted by atomic mass is 16.4. The third-order valence-electron chi connectivity index (χ3n) is 6.37. The first kappa shape index (κ1) is 17.9. The Balaban J connectivity index is 1.69. The maximum atomic E-state index is 12.5. The van der Waals surface area contributed by atoms with Crippen LogP contribution in [0.1, 0.15) is 18.9 Å². The van der Waals surface area contributed by atoms with Crippen LogP contribution >= 0.6 is 0 Å². The van der Waals surface area contributed by atoms with Gasteiger partial charge in [-0.25, -0.2) is 9.36 Å². The van der Waals surface area contributed by atoms with Gasteiger partial charge in [0.25, 0.3) is 0 Å². The molecule has 3 aromatic rings. The summed E-state index contributed by atoms with van der Waals surface area (Å²) < 4.78 is 4.11. The number of carbonyl (C=O) groups is 2. The van der Waals surface area contributed by atoms with Crippen molar-refractivity contribution in [2.24, 2.45) is 20.0 Å². The van der Waals surface area contributed by atoms with Gasteiger partial charge in [-0.15, -0.1) is 0 Å². The maximum absolute atomic E-state index is 12.5. The zero-order chi connectivity index (χ0) is 20.6. The van der Waals surface area contributed by atoms with Crippen molar-refractivity contribution in [3.05, 3.63) is 47.9 Å².